The Labute approximate surface area is 88.2 Å². The van der Waals surface area contributed by atoms with Crippen LogP contribution in [0, 0.1) is 11.7 Å². The van der Waals surface area contributed by atoms with Gasteiger partial charge in [-0.25, -0.2) is 4.39 Å². The van der Waals surface area contributed by atoms with Gasteiger partial charge in [0.2, 0.25) is 0 Å². The summed E-state index contributed by atoms with van der Waals surface area (Å²) >= 11 is 5.58. The van der Waals surface area contributed by atoms with Crippen LogP contribution in [-0.2, 0) is 0 Å². The molecule has 1 atom stereocenters. The molecule has 0 heterocycles. The number of benzene rings is 1. The summed E-state index contributed by atoms with van der Waals surface area (Å²) in [6.07, 6.45) is 0. The lowest BCUT2D eigenvalue weighted by atomic mass is 9.97. The van der Waals surface area contributed by atoms with E-state index in [9.17, 15) is 4.39 Å². The van der Waals surface area contributed by atoms with E-state index in [0.717, 1.165) is 5.56 Å². The quantitative estimate of drug-likeness (QED) is 0.602. The highest BCUT2D eigenvalue weighted by Crippen LogP contribution is 2.24. The number of hydrogen-bond donors (Lipinski definition) is 2. The van der Waals surface area contributed by atoms with Crippen LogP contribution in [0.5, 0.6) is 0 Å². The van der Waals surface area contributed by atoms with Gasteiger partial charge in [0.25, 0.3) is 0 Å². The molecule has 0 aromatic heterocycles. The van der Waals surface area contributed by atoms with Crippen molar-refractivity contribution in [1.82, 2.24) is 5.43 Å². The monoisotopic (exact) mass is 216 g/mol. The highest BCUT2D eigenvalue weighted by atomic mass is 35.5. The largest absolute Gasteiger partial charge is 0.271 e. The molecule has 0 aliphatic rings. The van der Waals surface area contributed by atoms with Gasteiger partial charge in [-0.15, -0.1) is 0 Å². The van der Waals surface area contributed by atoms with Crippen LogP contribution in [0.1, 0.15) is 25.5 Å². The molecule has 0 fully saturated rings. The van der Waals surface area contributed by atoms with E-state index in [4.69, 9.17) is 17.4 Å². The summed E-state index contributed by atoms with van der Waals surface area (Å²) in [4.78, 5) is 0. The molecule has 2 nitrogen and oxygen atoms in total. The molecule has 14 heavy (non-hydrogen) atoms. The Bertz CT molecular complexity index is 315. The maximum atomic E-state index is 13.1. The standard InChI is InChI=1S/C10H14ClFN2/c1-6(2)10(14-13)7-3-4-8(11)9(12)5-7/h3-6,10,14H,13H2,1-2H3. The Morgan fingerprint density at radius 1 is 1.43 bits per heavy atom. The van der Waals surface area contributed by atoms with Gasteiger partial charge in [0.05, 0.1) is 5.02 Å². The number of hydrazine groups is 1. The summed E-state index contributed by atoms with van der Waals surface area (Å²) in [5.74, 6) is 5.27. The molecule has 1 unspecified atom stereocenters. The Hall–Kier alpha value is -0.640. The van der Waals surface area contributed by atoms with Crippen LogP contribution in [0.3, 0.4) is 0 Å². The zero-order chi connectivity index (χ0) is 10.7. The number of halogens is 2. The lowest BCUT2D eigenvalue weighted by molar-refractivity contribution is 0.419. The lowest BCUT2D eigenvalue weighted by Gasteiger charge is -2.20. The molecule has 1 aromatic rings. The van der Waals surface area contributed by atoms with Gasteiger partial charge >= 0.3 is 0 Å². The van der Waals surface area contributed by atoms with Gasteiger partial charge in [0, 0.05) is 6.04 Å². The predicted octanol–water partition coefficient (Wildman–Crippen LogP) is 2.64. The van der Waals surface area contributed by atoms with Crippen LogP contribution < -0.4 is 11.3 Å². The van der Waals surface area contributed by atoms with Crippen molar-refractivity contribution in [2.75, 3.05) is 0 Å². The normalized spacial score (nSPS) is 13.3. The topological polar surface area (TPSA) is 38.0 Å². The fourth-order valence-electron chi connectivity index (χ4n) is 1.38. The van der Waals surface area contributed by atoms with Gasteiger partial charge in [-0.1, -0.05) is 31.5 Å². The minimum atomic E-state index is -0.412. The van der Waals surface area contributed by atoms with Crippen molar-refractivity contribution in [2.24, 2.45) is 11.8 Å². The third-order valence-corrected chi connectivity index (χ3v) is 2.46. The van der Waals surface area contributed by atoms with Crippen molar-refractivity contribution in [1.29, 1.82) is 0 Å². The summed E-state index contributed by atoms with van der Waals surface area (Å²) in [5, 5.41) is 0.133. The number of rotatable bonds is 3. The van der Waals surface area contributed by atoms with Crippen molar-refractivity contribution >= 4 is 11.6 Å². The summed E-state index contributed by atoms with van der Waals surface area (Å²) in [7, 11) is 0. The van der Waals surface area contributed by atoms with E-state index in [1.807, 2.05) is 13.8 Å². The molecule has 0 saturated heterocycles. The van der Waals surface area contributed by atoms with Crippen molar-refractivity contribution in [3.05, 3.63) is 34.6 Å². The van der Waals surface area contributed by atoms with E-state index in [2.05, 4.69) is 5.43 Å². The van der Waals surface area contributed by atoms with Crippen molar-refractivity contribution in [3.8, 4) is 0 Å². The van der Waals surface area contributed by atoms with Gasteiger partial charge in [-0.2, -0.15) is 0 Å². The molecule has 0 aliphatic carbocycles. The first-order valence-corrected chi connectivity index (χ1v) is 4.85. The molecular formula is C10H14ClFN2. The zero-order valence-corrected chi connectivity index (χ0v) is 8.98. The molecule has 0 radical (unpaired) electrons. The first kappa shape index (κ1) is 11.4. The minimum Gasteiger partial charge on any atom is -0.271 e. The summed E-state index contributed by atoms with van der Waals surface area (Å²) in [6, 6.07) is 4.67. The van der Waals surface area contributed by atoms with E-state index in [1.54, 1.807) is 12.1 Å². The van der Waals surface area contributed by atoms with E-state index in [-0.39, 0.29) is 11.1 Å². The molecule has 0 spiro atoms. The Morgan fingerprint density at radius 2 is 2.07 bits per heavy atom. The smallest absolute Gasteiger partial charge is 0.142 e. The predicted molar refractivity (Wildman–Crippen MR) is 56.3 cm³/mol. The van der Waals surface area contributed by atoms with Crippen molar-refractivity contribution < 1.29 is 4.39 Å². The van der Waals surface area contributed by atoms with Crippen LogP contribution in [0.25, 0.3) is 0 Å². The van der Waals surface area contributed by atoms with E-state index >= 15 is 0 Å². The minimum absolute atomic E-state index is 0.0539. The van der Waals surface area contributed by atoms with Gasteiger partial charge in [0.15, 0.2) is 0 Å². The van der Waals surface area contributed by atoms with Crippen LogP contribution in [0.2, 0.25) is 5.02 Å². The second-order valence-electron chi connectivity index (χ2n) is 3.56. The summed E-state index contributed by atoms with van der Waals surface area (Å²) in [6.45, 7) is 4.02. The molecule has 0 aliphatic heterocycles. The Morgan fingerprint density at radius 3 is 2.50 bits per heavy atom. The SMILES string of the molecule is CC(C)C(NN)c1ccc(Cl)c(F)c1. The third-order valence-electron chi connectivity index (χ3n) is 2.15. The molecular weight excluding hydrogens is 203 g/mol. The molecule has 1 aromatic carbocycles. The van der Waals surface area contributed by atoms with E-state index in [0.29, 0.717) is 5.92 Å². The number of hydrogen-bond acceptors (Lipinski definition) is 2. The molecule has 78 valence electrons. The van der Waals surface area contributed by atoms with Gasteiger partial charge in [0.1, 0.15) is 5.82 Å². The fraction of sp³-hybridized carbons (Fsp3) is 0.400. The first-order valence-electron chi connectivity index (χ1n) is 4.47. The summed E-state index contributed by atoms with van der Waals surface area (Å²) < 4.78 is 13.1. The van der Waals surface area contributed by atoms with Gasteiger partial charge < -0.3 is 0 Å². The van der Waals surface area contributed by atoms with Crippen molar-refractivity contribution in [3.63, 3.8) is 0 Å². The average Bonchev–Trinajstić information content (AvgIpc) is 2.11. The maximum absolute atomic E-state index is 13.1. The molecule has 0 saturated carbocycles. The fourth-order valence-corrected chi connectivity index (χ4v) is 1.50. The third kappa shape index (κ3) is 2.44. The van der Waals surface area contributed by atoms with Crippen LogP contribution in [-0.4, -0.2) is 0 Å². The first-order chi connectivity index (χ1) is 6.56. The number of nitrogens with one attached hydrogen (secondary N) is 1. The molecule has 0 amide bonds. The van der Waals surface area contributed by atoms with Gasteiger partial charge in [-0.3, -0.25) is 11.3 Å². The van der Waals surface area contributed by atoms with Crippen LogP contribution in [0.4, 0.5) is 4.39 Å². The van der Waals surface area contributed by atoms with E-state index < -0.39 is 5.82 Å². The maximum Gasteiger partial charge on any atom is 0.142 e. The molecule has 4 heteroatoms. The second kappa shape index (κ2) is 4.73. The van der Waals surface area contributed by atoms with Crippen molar-refractivity contribution in [2.45, 2.75) is 19.9 Å². The lowest BCUT2D eigenvalue weighted by Crippen LogP contribution is -2.31. The van der Waals surface area contributed by atoms with Crippen LogP contribution in [0.15, 0.2) is 18.2 Å². The molecule has 1 rings (SSSR count). The second-order valence-corrected chi connectivity index (χ2v) is 3.97. The zero-order valence-electron chi connectivity index (χ0n) is 8.22. The molecule has 0 bridgehead atoms. The van der Waals surface area contributed by atoms with Crippen LogP contribution >= 0.6 is 11.6 Å². The van der Waals surface area contributed by atoms with E-state index in [1.165, 1.54) is 6.07 Å². The Balaban J connectivity index is 3.00. The highest BCUT2D eigenvalue weighted by molar-refractivity contribution is 6.30. The van der Waals surface area contributed by atoms with Gasteiger partial charge in [-0.05, 0) is 23.6 Å². The molecule has 3 N–H and O–H groups in total. The Kier molecular flexibility index (Phi) is 3.86. The number of nitrogens with two attached hydrogens (primary N) is 1. The highest BCUT2D eigenvalue weighted by Gasteiger charge is 2.15. The average molecular weight is 217 g/mol. The summed E-state index contributed by atoms with van der Waals surface area (Å²) in [5.41, 5.74) is 3.46.